The van der Waals surface area contributed by atoms with Crippen LogP contribution in [0.1, 0.15) is 30.4 Å². The van der Waals surface area contributed by atoms with E-state index in [9.17, 15) is 0 Å². The molecule has 5 heteroatoms. The Bertz CT molecular complexity index is 440. The van der Waals surface area contributed by atoms with Gasteiger partial charge in [0.25, 0.3) is 0 Å². The van der Waals surface area contributed by atoms with E-state index in [1.54, 1.807) is 6.20 Å². The van der Waals surface area contributed by atoms with Crippen molar-refractivity contribution < 1.29 is 5.21 Å². The maximum atomic E-state index is 8.60. The quantitative estimate of drug-likeness (QED) is 0.307. The number of nitrogens with two attached hydrogens (primary N) is 1. The van der Waals surface area contributed by atoms with Crippen LogP contribution in [0.3, 0.4) is 0 Å². The highest BCUT2D eigenvalue weighted by Gasteiger charge is 2.42. The molecule has 0 atom stereocenters. The fraction of sp³-hybridized carbons (Fsp3) is 0.538. The Balaban J connectivity index is 1.81. The largest absolute Gasteiger partial charge is 0.409 e. The average molecular weight is 248 g/mol. The highest BCUT2D eigenvalue weighted by molar-refractivity contribution is 5.80. The van der Waals surface area contributed by atoms with Gasteiger partial charge in [-0.3, -0.25) is 4.98 Å². The standard InChI is InChI=1S/C13H20N4O/c1-10-2-5-15-7-11(10)8-16-9-13(3-4-13)6-12(14)17-18/h2,5,7,16,18H,3-4,6,8-9H2,1H3,(H2,14,17). The molecular weight excluding hydrogens is 228 g/mol. The van der Waals surface area contributed by atoms with Gasteiger partial charge in [-0.1, -0.05) is 5.16 Å². The van der Waals surface area contributed by atoms with Crippen molar-refractivity contribution in [1.29, 1.82) is 0 Å². The van der Waals surface area contributed by atoms with E-state index >= 15 is 0 Å². The zero-order chi connectivity index (χ0) is 13.0. The summed E-state index contributed by atoms with van der Waals surface area (Å²) < 4.78 is 0. The van der Waals surface area contributed by atoms with Gasteiger partial charge >= 0.3 is 0 Å². The van der Waals surface area contributed by atoms with Crippen LogP contribution in [0.2, 0.25) is 0 Å². The summed E-state index contributed by atoms with van der Waals surface area (Å²) in [6.07, 6.45) is 6.65. The summed E-state index contributed by atoms with van der Waals surface area (Å²) in [7, 11) is 0. The molecule has 0 amide bonds. The van der Waals surface area contributed by atoms with Crippen LogP contribution in [0.4, 0.5) is 0 Å². The van der Waals surface area contributed by atoms with Crippen LogP contribution in [-0.2, 0) is 6.54 Å². The number of hydrogen-bond donors (Lipinski definition) is 3. The van der Waals surface area contributed by atoms with Gasteiger partial charge in [-0.15, -0.1) is 0 Å². The van der Waals surface area contributed by atoms with Crippen molar-refractivity contribution >= 4 is 5.84 Å². The molecule has 98 valence electrons. The summed E-state index contributed by atoms with van der Waals surface area (Å²) in [5, 5.41) is 15.1. The molecule has 0 aliphatic heterocycles. The Labute approximate surface area is 107 Å². The molecular formula is C13H20N4O. The van der Waals surface area contributed by atoms with Crippen LogP contribution in [0, 0.1) is 12.3 Å². The number of pyridine rings is 1. The van der Waals surface area contributed by atoms with Crippen molar-refractivity contribution in [2.75, 3.05) is 6.54 Å². The van der Waals surface area contributed by atoms with Gasteiger partial charge in [-0.25, -0.2) is 0 Å². The van der Waals surface area contributed by atoms with Crippen molar-refractivity contribution in [2.24, 2.45) is 16.3 Å². The van der Waals surface area contributed by atoms with Crippen molar-refractivity contribution in [1.82, 2.24) is 10.3 Å². The first-order chi connectivity index (χ1) is 8.65. The van der Waals surface area contributed by atoms with Crippen LogP contribution < -0.4 is 11.1 Å². The number of aromatic nitrogens is 1. The first-order valence-electron chi connectivity index (χ1n) is 6.22. The molecule has 0 spiro atoms. The van der Waals surface area contributed by atoms with Gasteiger partial charge in [-0.2, -0.15) is 0 Å². The molecule has 4 N–H and O–H groups in total. The van der Waals surface area contributed by atoms with E-state index in [-0.39, 0.29) is 5.41 Å². The first kappa shape index (κ1) is 12.8. The van der Waals surface area contributed by atoms with Crippen LogP contribution >= 0.6 is 0 Å². The molecule has 1 aromatic heterocycles. The summed E-state index contributed by atoms with van der Waals surface area (Å²) in [6, 6.07) is 2.01. The number of hydrogen-bond acceptors (Lipinski definition) is 4. The van der Waals surface area contributed by atoms with E-state index in [1.165, 1.54) is 11.1 Å². The lowest BCUT2D eigenvalue weighted by atomic mass is 10.0. The minimum atomic E-state index is 0.201. The molecule has 1 aliphatic carbocycles. The van der Waals surface area contributed by atoms with E-state index < -0.39 is 0 Å². The molecule has 0 radical (unpaired) electrons. The van der Waals surface area contributed by atoms with Gasteiger partial charge in [0.05, 0.1) is 0 Å². The van der Waals surface area contributed by atoms with E-state index in [4.69, 9.17) is 10.9 Å². The second-order valence-electron chi connectivity index (χ2n) is 5.17. The minimum Gasteiger partial charge on any atom is -0.409 e. The summed E-state index contributed by atoms with van der Waals surface area (Å²) in [4.78, 5) is 4.13. The molecule has 18 heavy (non-hydrogen) atoms. The lowest BCUT2D eigenvalue weighted by Gasteiger charge is -2.15. The van der Waals surface area contributed by atoms with E-state index in [1.807, 2.05) is 12.3 Å². The monoisotopic (exact) mass is 248 g/mol. The molecule has 1 fully saturated rings. The predicted octanol–water partition coefficient (Wildman–Crippen LogP) is 1.40. The number of rotatable bonds is 6. The van der Waals surface area contributed by atoms with Crippen molar-refractivity contribution in [2.45, 2.75) is 32.7 Å². The van der Waals surface area contributed by atoms with Gasteiger partial charge in [0.1, 0.15) is 5.84 Å². The Hall–Kier alpha value is -1.62. The number of nitrogens with zero attached hydrogens (tertiary/aromatic N) is 2. The highest BCUT2D eigenvalue weighted by Crippen LogP contribution is 2.48. The third-order valence-corrected chi connectivity index (χ3v) is 3.60. The van der Waals surface area contributed by atoms with Gasteiger partial charge in [0, 0.05) is 31.9 Å². The van der Waals surface area contributed by atoms with E-state index in [2.05, 4.69) is 22.4 Å². The summed E-state index contributed by atoms with van der Waals surface area (Å²) >= 11 is 0. The molecule has 0 bridgehead atoms. The third kappa shape index (κ3) is 3.20. The fourth-order valence-corrected chi connectivity index (χ4v) is 2.16. The first-order valence-corrected chi connectivity index (χ1v) is 6.22. The van der Waals surface area contributed by atoms with E-state index in [0.717, 1.165) is 25.9 Å². The van der Waals surface area contributed by atoms with Gasteiger partial charge < -0.3 is 16.3 Å². The summed E-state index contributed by atoms with van der Waals surface area (Å²) in [5.74, 6) is 0.326. The zero-order valence-electron chi connectivity index (χ0n) is 10.7. The number of nitrogens with one attached hydrogen (secondary N) is 1. The topological polar surface area (TPSA) is 83.5 Å². The van der Waals surface area contributed by atoms with Gasteiger partial charge in [0.15, 0.2) is 0 Å². The van der Waals surface area contributed by atoms with Gasteiger partial charge in [-0.05, 0) is 42.4 Å². The Morgan fingerprint density at radius 1 is 1.61 bits per heavy atom. The molecule has 1 saturated carbocycles. The molecule has 5 nitrogen and oxygen atoms in total. The van der Waals surface area contributed by atoms with Crippen LogP contribution in [0.15, 0.2) is 23.6 Å². The second kappa shape index (κ2) is 5.35. The molecule has 2 rings (SSSR count). The molecule has 1 heterocycles. The predicted molar refractivity (Wildman–Crippen MR) is 70.4 cm³/mol. The smallest absolute Gasteiger partial charge is 0.139 e. The molecule has 0 unspecified atom stereocenters. The molecule has 1 aromatic rings. The van der Waals surface area contributed by atoms with Crippen LogP contribution in [0.5, 0.6) is 0 Å². The lowest BCUT2D eigenvalue weighted by Crippen LogP contribution is -2.28. The Morgan fingerprint density at radius 2 is 2.39 bits per heavy atom. The number of aryl methyl sites for hydroxylation is 1. The zero-order valence-corrected chi connectivity index (χ0v) is 10.7. The number of oxime groups is 1. The van der Waals surface area contributed by atoms with Crippen LogP contribution in [-0.4, -0.2) is 22.6 Å². The second-order valence-corrected chi connectivity index (χ2v) is 5.17. The highest BCUT2D eigenvalue weighted by atomic mass is 16.4. The van der Waals surface area contributed by atoms with Gasteiger partial charge in [0.2, 0.25) is 0 Å². The SMILES string of the molecule is Cc1ccncc1CNCC1(C/C(N)=N/O)CC1. The summed E-state index contributed by atoms with van der Waals surface area (Å²) in [6.45, 7) is 3.80. The van der Waals surface area contributed by atoms with Crippen molar-refractivity contribution in [3.05, 3.63) is 29.6 Å². The minimum absolute atomic E-state index is 0.201. The fourth-order valence-electron chi connectivity index (χ4n) is 2.16. The lowest BCUT2D eigenvalue weighted by molar-refractivity contribution is 0.314. The number of amidine groups is 1. The third-order valence-electron chi connectivity index (χ3n) is 3.60. The maximum Gasteiger partial charge on any atom is 0.139 e. The normalized spacial score (nSPS) is 17.7. The average Bonchev–Trinajstić information content (AvgIpc) is 3.11. The van der Waals surface area contributed by atoms with Crippen molar-refractivity contribution in [3.8, 4) is 0 Å². The summed E-state index contributed by atoms with van der Waals surface area (Å²) in [5.41, 5.74) is 8.24. The Kier molecular flexibility index (Phi) is 3.81. The maximum absolute atomic E-state index is 8.60. The van der Waals surface area contributed by atoms with Crippen molar-refractivity contribution in [3.63, 3.8) is 0 Å². The molecule has 0 aromatic carbocycles. The Morgan fingerprint density at radius 3 is 3.00 bits per heavy atom. The molecule has 1 aliphatic rings. The molecule has 0 saturated heterocycles. The van der Waals surface area contributed by atoms with Crippen LogP contribution in [0.25, 0.3) is 0 Å². The van der Waals surface area contributed by atoms with E-state index in [0.29, 0.717) is 12.3 Å².